The third kappa shape index (κ3) is 4.32. The zero-order valence-electron chi connectivity index (χ0n) is 13.6. The minimum Gasteiger partial charge on any atom is -0.339 e. The number of benzene rings is 1. The van der Waals surface area contributed by atoms with Crippen molar-refractivity contribution in [2.45, 2.75) is 24.8 Å². The van der Waals surface area contributed by atoms with E-state index < -0.39 is 16.1 Å². The van der Waals surface area contributed by atoms with Crippen molar-refractivity contribution in [2.75, 3.05) is 26.2 Å². The third-order valence-electron chi connectivity index (χ3n) is 3.84. The number of hydrogen-bond donors (Lipinski definition) is 1. The van der Waals surface area contributed by atoms with Crippen molar-refractivity contribution in [3.05, 3.63) is 29.8 Å². The average molecular weight is 376 g/mol. The zero-order valence-corrected chi connectivity index (χ0v) is 15.3. The van der Waals surface area contributed by atoms with Gasteiger partial charge in [-0.1, -0.05) is 12.1 Å². The van der Waals surface area contributed by atoms with Crippen molar-refractivity contribution in [3.8, 4) is 0 Å². The van der Waals surface area contributed by atoms with Crippen LogP contribution in [-0.4, -0.2) is 61.5 Å². The molecule has 0 aromatic heterocycles. The number of hydrogen-bond acceptors (Lipinski definition) is 5. The molecule has 1 aromatic rings. The molecule has 1 heterocycles. The molecule has 0 aliphatic carbocycles. The fourth-order valence-corrected chi connectivity index (χ4v) is 3.87. The first-order valence-corrected chi connectivity index (χ1v) is 8.83. The summed E-state index contributed by atoms with van der Waals surface area (Å²) in [6, 6.07) is 5.30. The Morgan fingerprint density at radius 3 is 2.00 bits per heavy atom. The van der Waals surface area contributed by atoms with Gasteiger partial charge in [-0.25, -0.2) is 8.42 Å². The minimum atomic E-state index is -3.62. The molecule has 7 nitrogen and oxygen atoms in total. The van der Waals surface area contributed by atoms with Crippen LogP contribution in [-0.2, 0) is 14.8 Å². The molecule has 134 valence electrons. The number of piperazine rings is 1. The predicted molar refractivity (Wildman–Crippen MR) is 92.7 cm³/mol. The second kappa shape index (κ2) is 8.06. The number of ketones is 1. The van der Waals surface area contributed by atoms with Gasteiger partial charge in [0.15, 0.2) is 5.78 Å². The Hall–Kier alpha value is -1.48. The summed E-state index contributed by atoms with van der Waals surface area (Å²) in [5, 5.41) is 0. The summed E-state index contributed by atoms with van der Waals surface area (Å²) >= 11 is 0. The van der Waals surface area contributed by atoms with Gasteiger partial charge in [0.25, 0.3) is 0 Å². The zero-order chi connectivity index (χ0) is 17.2. The van der Waals surface area contributed by atoms with E-state index in [1.54, 1.807) is 11.8 Å². The highest BCUT2D eigenvalue weighted by Gasteiger charge is 2.30. The molecule has 0 saturated carbocycles. The molecular formula is C15H22ClN3O4S. The van der Waals surface area contributed by atoms with Gasteiger partial charge in [0.2, 0.25) is 15.9 Å². The van der Waals surface area contributed by atoms with E-state index in [4.69, 9.17) is 5.73 Å². The van der Waals surface area contributed by atoms with Crippen LogP contribution >= 0.6 is 12.4 Å². The molecule has 1 aromatic carbocycles. The number of nitrogens with zero attached hydrogens (tertiary/aromatic N) is 2. The van der Waals surface area contributed by atoms with Crippen molar-refractivity contribution >= 4 is 34.1 Å². The van der Waals surface area contributed by atoms with Gasteiger partial charge in [0.05, 0.1) is 10.9 Å². The molecule has 9 heteroatoms. The van der Waals surface area contributed by atoms with Crippen LogP contribution in [0.1, 0.15) is 24.2 Å². The van der Waals surface area contributed by atoms with E-state index in [-0.39, 0.29) is 42.1 Å². The Balaban J connectivity index is 0.00000288. The van der Waals surface area contributed by atoms with Gasteiger partial charge in [0.1, 0.15) is 0 Å². The van der Waals surface area contributed by atoms with Crippen molar-refractivity contribution in [1.29, 1.82) is 0 Å². The van der Waals surface area contributed by atoms with Gasteiger partial charge in [-0.15, -0.1) is 12.4 Å². The molecule has 1 amide bonds. The lowest BCUT2D eigenvalue weighted by Gasteiger charge is -2.34. The largest absolute Gasteiger partial charge is 0.339 e. The predicted octanol–water partition coefficient (Wildman–Crippen LogP) is 0.491. The van der Waals surface area contributed by atoms with E-state index in [1.165, 1.54) is 35.5 Å². The Bertz CT molecular complexity index is 696. The summed E-state index contributed by atoms with van der Waals surface area (Å²) in [6.45, 7) is 4.15. The van der Waals surface area contributed by atoms with Crippen LogP contribution in [0.3, 0.4) is 0 Å². The molecule has 24 heavy (non-hydrogen) atoms. The maximum absolute atomic E-state index is 12.6. The van der Waals surface area contributed by atoms with Crippen molar-refractivity contribution in [2.24, 2.45) is 5.73 Å². The molecule has 2 N–H and O–H groups in total. The lowest BCUT2D eigenvalue weighted by molar-refractivity contribution is -0.133. The van der Waals surface area contributed by atoms with Crippen LogP contribution in [0.25, 0.3) is 0 Å². The highest BCUT2D eigenvalue weighted by atomic mass is 35.5. The maximum atomic E-state index is 12.6. The number of rotatable bonds is 4. The van der Waals surface area contributed by atoms with Crippen molar-refractivity contribution in [3.63, 3.8) is 0 Å². The molecular weight excluding hydrogens is 354 g/mol. The molecule has 1 saturated heterocycles. The van der Waals surface area contributed by atoms with E-state index in [9.17, 15) is 18.0 Å². The minimum absolute atomic E-state index is 0. The molecule has 2 rings (SSSR count). The molecule has 1 atom stereocenters. The van der Waals surface area contributed by atoms with E-state index in [0.29, 0.717) is 18.7 Å². The van der Waals surface area contributed by atoms with E-state index in [1.807, 2.05) is 0 Å². The van der Waals surface area contributed by atoms with Gasteiger partial charge in [-0.3, -0.25) is 9.59 Å². The SMILES string of the molecule is CC(=O)c1ccc(S(=O)(=O)N2CCN(C(=O)[C@@H](C)N)CC2)cc1.Cl. The molecule has 0 radical (unpaired) electrons. The lowest BCUT2D eigenvalue weighted by atomic mass is 10.2. The summed E-state index contributed by atoms with van der Waals surface area (Å²) in [4.78, 5) is 24.8. The fraction of sp³-hybridized carbons (Fsp3) is 0.467. The molecule has 1 aliphatic heterocycles. The van der Waals surface area contributed by atoms with Gasteiger partial charge < -0.3 is 10.6 Å². The monoisotopic (exact) mass is 375 g/mol. The fourth-order valence-electron chi connectivity index (χ4n) is 2.45. The summed E-state index contributed by atoms with van der Waals surface area (Å²) < 4.78 is 26.5. The van der Waals surface area contributed by atoms with Gasteiger partial charge in [-0.05, 0) is 26.0 Å². The Morgan fingerprint density at radius 2 is 1.58 bits per heavy atom. The van der Waals surface area contributed by atoms with Crippen LogP contribution in [0.2, 0.25) is 0 Å². The average Bonchev–Trinajstić information content (AvgIpc) is 2.54. The Labute approximate surface area is 148 Å². The van der Waals surface area contributed by atoms with E-state index in [2.05, 4.69) is 0 Å². The maximum Gasteiger partial charge on any atom is 0.243 e. The standard InChI is InChI=1S/C15H21N3O4S.ClH/c1-11(16)15(20)17-7-9-18(10-8-17)23(21,22)14-5-3-13(4-6-14)12(2)19;/h3-6,11H,7-10,16H2,1-2H3;1H/t11-;/m1./s1. The van der Waals surface area contributed by atoms with Crippen LogP contribution in [0.15, 0.2) is 29.2 Å². The van der Waals surface area contributed by atoms with E-state index >= 15 is 0 Å². The highest BCUT2D eigenvalue weighted by Crippen LogP contribution is 2.18. The van der Waals surface area contributed by atoms with Crippen LogP contribution in [0.4, 0.5) is 0 Å². The summed E-state index contributed by atoms with van der Waals surface area (Å²) in [6.07, 6.45) is 0. The van der Waals surface area contributed by atoms with Crippen LogP contribution in [0.5, 0.6) is 0 Å². The summed E-state index contributed by atoms with van der Waals surface area (Å²) in [5.41, 5.74) is 6.04. The number of carbonyl (C=O) groups excluding carboxylic acids is 2. The molecule has 0 bridgehead atoms. The molecule has 0 spiro atoms. The number of nitrogens with two attached hydrogens (primary N) is 1. The van der Waals surface area contributed by atoms with Gasteiger partial charge in [-0.2, -0.15) is 4.31 Å². The number of halogens is 1. The quantitative estimate of drug-likeness (QED) is 0.772. The molecule has 0 unspecified atom stereocenters. The number of sulfonamides is 1. The smallest absolute Gasteiger partial charge is 0.243 e. The van der Waals surface area contributed by atoms with Gasteiger partial charge in [0, 0.05) is 31.7 Å². The Kier molecular flexibility index (Phi) is 6.91. The van der Waals surface area contributed by atoms with Crippen LogP contribution < -0.4 is 5.73 Å². The number of Topliss-reactive ketones (excluding diaryl/α,β-unsaturated/α-hetero) is 1. The first kappa shape index (κ1) is 20.6. The summed E-state index contributed by atoms with van der Waals surface area (Å²) in [7, 11) is -3.62. The third-order valence-corrected chi connectivity index (χ3v) is 5.75. The van der Waals surface area contributed by atoms with E-state index in [0.717, 1.165) is 0 Å². The first-order valence-electron chi connectivity index (χ1n) is 7.39. The van der Waals surface area contributed by atoms with Crippen LogP contribution in [0, 0.1) is 0 Å². The molecule has 1 fully saturated rings. The first-order chi connectivity index (χ1) is 10.7. The lowest BCUT2D eigenvalue weighted by Crippen LogP contribution is -2.53. The summed E-state index contributed by atoms with van der Waals surface area (Å²) in [5.74, 6) is -0.287. The topological polar surface area (TPSA) is 101 Å². The number of amides is 1. The van der Waals surface area contributed by atoms with Crippen molar-refractivity contribution < 1.29 is 18.0 Å². The second-order valence-electron chi connectivity index (χ2n) is 5.60. The Morgan fingerprint density at radius 1 is 1.08 bits per heavy atom. The van der Waals surface area contributed by atoms with Crippen molar-refractivity contribution in [1.82, 2.24) is 9.21 Å². The number of carbonyl (C=O) groups is 2. The molecule has 1 aliphatic rings. The highest BCUT2D eigenvalue weighted by molar-refractivity contribution is 7.89. The second-order valence-corrected chi connectivity index (χ2v) is 7.54. The van der Waals surface area contributed by atoms with Gasteiger partial charge >= 0.3 is 0 Å². The normalized spacial score (nSPS) is 17.0.